The van der Waals surface area contributed by atoms with Crippen LogP contribution in [0.25, 0.3) is 0 Å². The third kappa shape index (κ3) is 4.19. The number of hydrogen-bond donors (Lipinski definition) is 2. The minimum absolute atomic E-state index is 0.226. The van der Waals surface area contributed by atoms with E-state index in [1.54, 1.807) is 12.1 Å². The molecule has 0 atom stereocenters. The topological polar surface area (TPSA) is 64.3 Å². The van der Waals surface area contributed by atoms with Crippen molar-refractivity contribution in [2.24, 2.45) is 0 Å². The molecule has 0 saturated carbocycles. The van der Waals surface area contributed by atoms with Gasteiger partial charge in [-0.3, -0.25) is 4.79 Å². The molecule has 0 aliphatic heterocycles. The Morgan fingerprint density at radius 2 is 2.10 bits per heavy atom. The number of carbonyl (C=O) groups is 1. The van der Waals surface area contributed by atoms with Crippen molar-refractivity contribution >= 4 is 33.2 Å². The lowest BCUT2D eigenvalue weighted by molar-refractivity contribution is -0.118. The first-order valence-electron chi connectivity index (χ1n) is 6.19. The van der Waals surface area contributed by atoms with Crippen LogP contribution in [-0.2, 0) is 4.79 Å². The molecule has 2 aromatic rings. The van der Waals surface area contributed by atoms with Crippen LogP contribution in [0.3, 0.4) is 0 Å². The molecule has 0 fully saturated rings. The highest BCUT2D eigenvalue weighted by Crippen LogP contribution is 2.25. The lowest BCUT2D eigenvalue weighted by Crippen LogP contribution is -2.20. The molecule has 0 radical (unpaired) electrons. The van der Waals surface area contributed by atoms with E-state index in [-0.39, 0.29) is 18.3 Å². The van der Waals surface area contributed by atoms with Crippen molar-refractivity contribution in [1.82, 2.24) is 0 Å². The molecule has 0 aliphatic carbocycles. The number of nitrogen functional groups attached to an aromatic ring is 1. The van der Waals surface area contributed by atoms with Gasteiger partial charge in [0.05, 0.1) is 4.47 Å². The van der Waals surface area contributed by atoms with Crippen LogP contribution >= 0.6 is 15.9 Å². The van der Waals surface area contributed by atoms with E-state index in [1.807, 2.05) is 13.0 Å². The highest BCUT2D eigenvalue weighted by Gasteiger charge is 2.08. The Balaban J connectivity index is 1.99. The van der Waals surface area contributed by atoms with Crippen molar-refractivity contribution in [2.75, 3.05) is 17.7 Å². The zero-order valence-corrected chi connectivity index (χ0v) is 12.9. The Morgan fingerprint density at radius 1 is 1.33 bits per heavy atom. The van der Waals surface area contributed by atoms with Crippen molar-refractivity contribution in [3.8, 4) is 5.75 Å². The zero-order chi connectivity index (χ0) is 15.4. The molecule has 0 aromatic heterocycles. The largest absolute Gasteiger partial charge is 0.482 e. The van der Waals surface area contributed by atoms with Gasteiger partial charge in [0, 0.05) is 17.4 Å². The monoisotopic (exact) mass is 352 g/mol. The van der Waals surface area contributed by atoms with Crippen molar-refractivity contribution in [1.29, 1.82) is 0 Å². The molecule has 0 heterocycles. The van der Waals surface area contributed by atoms with Gasteiger partial charge in [0.25, 0.3) is 5.91 Å². The van der Waals surface area contributed by atoms with Crippen LogP contribution in [0.4, 0.5) is 15.8 Å². The highest BCUT2D eigenvalue weighted by atomic mass is 79.9. The Labute approximate surface area is 130 Å². The number of nitrogens with two attached hydrogens (primary N) is 1. The van der Waals surface area contributed by atoms with Crippen LogP contribution < -0.4 is 15.8 Å². The predicted molar refractivity (Wildman–Crippen MR) is 83.8 cm³/mol. The summed E-state index contributed by atoms with van der Waals surface area (Å²) in [5.41, 5.74) is 7.75. The fraction of sp³-hybridized carbons (Fsp3) is 0.133. The summed E-state index contributed by atoms with van der Waals surface area (Å²) in [6, 6.07) is 9.27. The maximum atomic E-state index is 13.1. The molecule has 0 bridgehead atoms. The Bertz CT molecular complexity index is 677. The van der Waals surface area contributed by atoms with E-state index in [1.165, 1.54) is 18.2 Å². The molecule has 0 unspecified atom stereocenters. The Kier molecular flexibility index (Phi) is 4.80. The summed E-state index contributed by atoms with van der Waals surface area (Å²) in [5.74, 6) is -0.505. The number of amides is 1. The van der Waals surface area contributed by atoms with Crippen molar-refractivity contribution in [2.45, 2.75) is 6.92 Å². The summed E-state index contributed by atoms with van der Waals surface area (Å²) in [7, 11) is 0. The van der Waals surface area contributed by atoms with Crippen LogP contribution in [0.5, 0.6) is 5.75 Å². The Hall–Kier alpha value is -2.08. The van der Waals surface area contributed by atoms with Gasteiger partial charge in [-0.05, 0) is 52.7 Å². The van der Waals surface area contributed by atoms with Crippen LogP contribution in [-0.4, -0.2) is 12.5 Å². The van der Waals surface area contributed by atoms with Gasteiger partial charge >= 0.3 is 0 Å². The van der Waals surface area contributed by atoms with Crippen LogP contribution in [0.1, 0.15) is 5.56 Å². The molecule has 0 spiro atoms. The lowest BCUT2D eigenvalue weighted by atomic mass is 10.2. The number of carbonyl (C=O) groups excluding carboxylic acids is 1. The number of halogens is 2. The number of benzene rings is 2. The van der Waals surface area contributed by atoms with E-state index >= 15 is 0 Å². The summed E-state index contributed by atoms with van der Waals surface area (Å²) >= 11 is 3.23. The van der Waals surface area contributed by atoms with Gasteiger partial charge < -0.3 is 15.8 Å². The zero-order valence-electron chi connectivity index (χ0n) is 11.3. The lowest BCUT2D eigenvalue weighted by Gasteiger charge is -2.11. The smallest absolute Gasteiger partial charge is 0.262 e. The van der Waals surface area contributed by atoms with E-state index in [0.717, 1.165) is 5.56 Å². The number of nitrogens with one attached hydrogen (secondary N) is 1. The summed E-state index contributed by atoms with van der Waals surface area (Å²) in [6.45, 7) is 1.63. The molecule has 1 amide bonds. The first-order valence-corrected chi connectivity index (χ1v) is 6.99. The van der Waals surface area contributed by atoms with Gasteiger partial charge in [-0.25, -0.2) is 4.39 Å². The fourth-order valence-electron chi connectivity index (χ4n) is 1.69. The summed E-state index contributed by atoms with van der Waals surface area (Å²) < 4.78 is 19.0. The van der Waals surface area contributed by atoms with Crippen molar-refractivity contribution < 1.29 is 13.9 Å². The number of rotatable bonds is 4. The highest BCUT2D eigenvalue weighted by molar-refractivity contribution is 9.10. The molecular formula is C15H14BrFN2O2. The first-order chi connectivity index (χ1) is 9.95. The third-order valence-corrected chi connectivity index (χ3v) is 3.44. The number of anilines is 2. The molecule has 0 saturated heterocycles. The quantitative estimate of drug-likeness (QED) is 0.827. The summed E-state index contributed by atoms with van der Waals surface area (Å²) in [4.78, 5) is 11.9. The van der Waals surface area contributed by atoms with E-state index in [9.17, 15) is 9.18 Å². The van der Waals surface area contributed by atoms with Crippen LogP contribution in [0.2, 0.25) is 0 Å². The molecule has 110 valence electrons. The predicted octanol–water partition coefficient (Wildman–Crippen LogP) is 3.50. The summed E-state index contributed by atoms with van der Waals surface area (Å²) in [6.07, 6.45) is 0. The molecule has 3 N–H and O–H groups in total. The second-order valence-corrected chi connectivity index (χ2v) is 5.34. The van der Waals surface area contributed by atoms with Gasteiger partial charge in [-0.15, -0.1) is 0 Å². The molecule has 6 heteroatoms. The standard InChI is InChI=1S/C15H14BrFN2O2/c1-9-2-4-11(18)7-13(9)19-15(20)8-21-14-6-10(17)3-5-12(14)16/h2-7H,8,18H2,1H3,(H,19,20). The van der Waals surface area contributed by atoms with E-state index in [2.05, 4.69) is 21.2 Å². The first kappa shape index (κ1) is 15.3. The second-order valence-electron chi connectivity index (χ2n) is 4.49. The van der Waals surface area contributed by atoms with Gasteiger partial charge in [0.2, 0.25) is 0 Å². The van der Waals surface area contributed by atoms with Gasteiger partial charge in [0.1, 0.15) is 11.6 Å². The van der Waals surface area contributed by atoms with Crippen molar-refractivity contribution in [3.63, 3.8) is 0 Å². The maximum Gasteiger partial charge on any atom is 0.262 e. The minimum Gasteiger partial charge on any atom is -0.482 e. The SMILES string of the molecule is Cc1ccc(N)cc1NC(=O)COc1cc(F)ccc1Br. The number of aryl methyl sites for hydroxylation is 1. The van der Waals surface area contributed by atoms with Gasteiger partial charge in [-0.1, -0.05) is 6.07 Å². The molecule has 2 rings (SSSR count). The van der Waals surface area contributed by atoms with Crippen LogP contribution in [0, 0.1) is 12.7 Å². The van der Waals surface area contributed by atoms with E-state index in [0.29, 0.717) is 15.8 Å². The molecule has 21 heavy (non-hydrogen) atoms. The normalized spacial score (nSPS) is 10.2. The molecule has 2 aromatic carbocycles. The average Bonchev–Trinajstić information content (AvgIpc) is 2.44. The fourth-order valence-corrected chi connectivity index (χ4v) is 2.05. The number of ether oxygens (including phenoxy) is 1. The van der Waals surface area contributed by atoms with Crippen molar-refractivity contribution in [3.05, 3.63) is 52.3 Å². The maximum absolute atomic E-state index is 13.1. The average molecular weight is 353 g/mol. The number of hydrogen-bond acceptors (Lipinski definition) is 3. The van der Waals surface area contributed by atoms with E-state index in [4.69, 9.17) is 10.5 Å². The minimum atomic E-state index is -0.430. The second kappa shape index (κ2) is 6.58. The molecule has 4 nitrogen and oxygen atoms in total. The summed E-state index contributed by atoms with van der Waals surface area (Å²) in [5, 5.41) is 2.70. The van der Waals surface area contributed by atoms with E-state index < -0.39 is 5.82 Å². The van der Waals surface area contributed by atoms with Gasteiger partial charge in [-0.2, -0.15) is 0 Å². The molecular weight excluding hydrogens is 339 g/mol. The third-order valence-electron chi connectivity index (χ3n) is 2.79. The van der Waals surface area contributed by atoms with Gasteiger partial charge in [0.15, 0.2) is 6.61 Å². The van der Waals surface area contributed by atoms with Crippen LogP contribution in [0.15, 0.2) is 40.9 Å². The molecule has 0 aliphatic rings. The Morgan fingerprint density at radius 3 is 2.86 bits per heavy atom.